The number of rotatable bonds is 5. The zero-order valence-corrected chi connectivity index (χ0v) is 13.3. The van der Waals surface area contributed by atoms with E-state index >= 15 is 0 Å². The first-order valence-electron chi connectivity index (χ1n) is 7.14. The van der Waals surface area contributed by atoms with Crippen molar-refractivity contribution in [3.05, 3.63) is 30.3 Å². The van der Waals surface area contributed by atoms with Crippen LogP contribution in [0.5, 0.6) is 0 Å². The SMILES string of the molecule is C[C@@H](C(=O)NC[C@@H]1CCN(c2ccccc2)C1)S(C)(=O)=O. The lowest BCUT2D eigenvalue weighted by Gasteiger charge is -2.19. The molecule has 6 heteroatoms. The highest BCUT2D eigenvalue weighted by molar-refractivity contribution is 7.92. The summed E-state index contributed by atoms with van der Waals surface area (Å²) in [7, 11) is -3.32. The number of benzene rings is 1. The Morgan fingerprint density at radius 3 is 2.67 bits per heavy atom. The van der Waals surface area contributed by atoms with E-state index in [0.29, 0.717) is 12.5 Å². The summed E-state index contributed by atoms with van der Waals surface area (Å²) in [5, 5.41) is 1.78. The van der Waals surface area contributed by atoms with Gasteiger partial charge in [0.2, 0.25) is 5.91 Å². The molecule has 0 spiro atoms. The Bertz CT molecular complexity index is 586. The Labute approximate surface area is 126 Å². The zero-order valence-electron chi connectivity index (χ0n) is 12.5. The fraction of sp³-hybridized carbons (Fsp3) is 0.533. The van der Waals surface area contributed by atoms with Gasteiger partial charge in [-0.25, -0.2) is 8.42 Å². The molecule has 2 rings (SSSR count). The lowest BCUT2D eigenvalue weighted by atomic mass is 10.1. The van der Waals surface area contributed by atoms with Crippen LogP contribution in [0, 0.1) is 5.92 Å². The van der Waals surface area contributed by atoms with Crippen molar-refractivity contribution in [1.82, 2.24) is 5.32 Å². The number of carbonyl (C=O) groups is 1. The number of hydrogen-bond acceptors (Lipinski definition) is 4. The molecular formula is C15H22N2O3S. The monoisotopic (exact) mass is 310 g/mol. The molecule has 1 heterocycles. The second-order valence-corrected chi connectivity index (χ2v) is 8.02. The molecule has 1 N–H and O–H groups in total. The van der Waals surface area contributed by atoms with Crippen LogP contribution in [0.25, 0.3) is 0 Å². The summed E-state index contributed by atoms with van der Waals surface area (Å²) in [4.78, 5) is 14.1. The summed E-state index contributed by atoms with van der Waals surface area (Å²) < 4.78 is 22.7. The van der Waals surface area contributed by atoms with Gasteiger partial charge >= 0.3 is 0 Å². The van der Waals surface area contributed by atoms with Crippen LogP contribution in [-0.4, -0.2) is 45.5 Å². The van der Waals surface area contributed by atoms with E-state index in [-0.39, 0.29) is 0 Å². The topological polar surface area (TPSA) is 66.5 Å². The van der Waals surface area contributed by atoms with Gasteiger partial charge in [-0.05, 0) is 31.4 Å². The first-order valence-corrected chi connectivity index (χ1v) is 9.10. The summed E-state index contributed by atoms with van der Waals surface area (Å²) in [6.45, 7) is 3.81. The number of nitrogens with zero attached hydrogens (tertiary/aromatic N) is 1. The van der Waals surface area contributed by atoms with Crippen LogP contribution in [0.4, 0.5) is 5.69 Å². The van der Waals surface area contributed by atoms with Crippen LogP contribution in [0.2, 0.25) is 0 Å². The first-order chi connectivity index (χ1) is 9.88. The number of anilines is 1. The molecule has 0 bridgehead atoms. The third-order valence-electron chi connectivity index (χ3n) is 3.98. The number of sulfone groups is 1. The molecular weight excluding hydrogens is 288 g/mol. The van der Waals surface area contributed by atoms with Crippen molar-refractivity contribution in [2.75, 3.05) is 30.8 Å². The molecule has 0 aromatic heterocycles. The summed E-state index contributed by atoms with van der Waals surface area (Å²) >= 11 is 0. The van der Waals surface area contributed by atoms with Crippen LogP contribution in [-0.2, 0) is 14.6 Å². The molecule has 1 aliphatic heterocycles. The van der Waals surface area contributed by atoms with Crippen LogP contribution in [0.3, 0.4) is 0 Å². The predicted octanol–water partition coefficient (Wildman–Crippen LogP) is 1.06. The molecule has 0 aliphatic carbocycles. The molecule has 0 unspecified atom stereocenters. The van der Waals surface area contributed by atoms with E-state index in [1.54, 1.807) is 0 Å². The van der Waals surface area contributed by atoms with Crippen molar-refractivity contribution in [3.63, 3.8) is 0 Å². The fourth-order valence-electron chi connectivity index (χ4n) is 2.46. The van der Waals surface area contributed by atoms with Gasteiger partial charge in [-0.1, -0.05) is 18.2 Å². The van der Waals surface area contributed by atoms with E-state index < -0.39 is 21.0 Å². The second kappa shape index (κ2) is 6.47. The maximum atomic E-state index is 11.8. The van der Waals surface area contributed by atoms with Crippen molar-refractivity contribution in [2.45, 2.75) is 18.6 Å². The summed E-state index contributed by atoms with van der Waals surface area (Å²) in [6.07, 6.45) is 2.09. The van der Waals surface area contributed by atoms with Gasteiger partial charge in [-0.15, -0.1) is 0 Å². The summed E-state index contributed by atoms with van der Waals surface area (Å²) in [6, 6.07) is 10.2. The van der Waals surface area contributed by atoms with Crippen molar-refractivity contribution in [1.29, 1.82) is 0 Å². The van der Waals surface area contributed by atoms with Crippen LogP contribution in [0.1, 0.15) is 13.3 Å². The number of para-hydroxylation sites is 1. The minimum Gasteiger partial charge on any atom is -0.371 e. The molecule has 1 saturated heterocycles. The van der Waals surface area contributed by atoms with Gasteiger partial charge in [-0.3, -0.25) is 4.79 Å². The van der Waals surface area contributed by atoms with Gasteiger partial charge in [0.05, 0.1) is 0 Å². The molecule has 1 aromatic rings. The third kappa shape index (κ3) is 4.20. The Kier molecular flexibility index (Phi) is 4.88. The maximum absolute atomic E-state index is 11.8. The van der Waals surface area contributed by atoms with Gasteiger partial charge in [0.1, 0.15) is 5.25 Å². The van der Waals surface area contributed by atoms with Crippen LogP contribution >= 0.6 is 0 Å². The largest absolute Gasteiger partial charge is 0.371 e. The molecule has 0 saturated carbocycles. The molecule has 1 amide bonds. The van der Waals surface area contributed by atoms with Gasteiger partial charge in [-0.2, -0.15) is 0 Å². The smallest absolute Gasteiger partial charge is 0.238 e. The number of hydrogen-bond donors (Lipinski definition) is 1. The first kappa shape index (κ1) is 15.8. The highest BCUT2D eigenvalue weighted by Gasteiger charge is 2.26. The Hall–Kier alpha value is -1.56. The van der Waals surface area contributed by atoms with Crippen LogP contribution in [0.15, 0.2) is 30.3 Å². The number of nitrogens with one attached hydrogen (secondary N) is 1. The normalized spacial score (nSPS) is 20.3. The maximum Gasteiger partial charge on any atom is 0.238 e. The average Bonchev–Trinajstić information content (AvgIpc) is 2.93. The van der Waals surface area contributed by atoms with E-state index in [0.717, 1.165) is 25.8 Å². The molecule has 1 fully saturated rings. The summed E-state index contributed by atoms with van der Waals surface area (Å²) in [5.74, 6) is -0.0448. The molecule has 1 aromatic carbocycles. The van der Waals surface area contributed by atoms with E-state index in [9.17, 15) is 13.2 Å². The standard InChI is InChI=1S/C15H22N2O3S/c1-12(21(2,19)20)15(18)16-10-13-8-9-17(11-13)14-6-4-3-5-7-14/h3-7,12-13H,8-11H2,1-2H3,(H,16,18)/t12-,13-/m0/s1. The highest BCUT2D eigenvalue weighted by Crippen LogP contribution is 2.22. The van der Waals surface area contributed by atoms with Crippen molar-refractivity contribution < 1.29 is 13.2 Å². The van der Waals surface area contributed by atoms with E-state index in [4.69, 9.17) is 0 Å². The molecule has 5 nitrogen and oxygen atoms in total. The highest BCUT2D eigenvalue weighted by atomic mass is 32.2. The third-order valence-corrected chi connectivity index (χ3v) is 5.48. The quantitative estimate of drug-likeness (QED) is 0.883. The van der Waals surface area contributed by atoms with E-state index in [1.165, 1.54) is 12.6 Å². The molecule has 1 aliphatic rings. The Morgan fingerprint density at radius 2 is 2.05 bits per heavy atom. The van der Waals surface area contributed by atoms with Crippen molar-refractivity contribution in [2.24, 2.45) is 5.92 Å². The van der Waals surface area contributed by atoms with Gasteiger partial charge in [0.25, 0.3) is 0 Å². The minimum absolute atomic E-state index is 0.362. The Balaban J connectivity index is 1.83. The van der Waals surface area contributed by atoms with Crippen LogP contribution < -0.4 is 10.2 Å². The molecule has 2 atom stereocenters. The van der Waals surface area contributed by atoms with E-state index in [2.05, 4.69) is 22.3 Å². The molecule has 116 valence electrons. The van der Waals surface area contributed by atoms with Gasteiger partial charge < -0.3 is 10.2 Å². The van der Waals surface area contributed by atoms with Gasteiger partial charge in [0.15, 0.2) is 9.84 Å². The van der Waals surface area contributed by atoms with Crippen molar-refractivity contribution in [3.8, 4) is 0 Å². The molecule has 0 radical (unpaired) electrons. The lowest BCUT2D eigenvalue weighted by Crippen LogP contribution is -2.40. The Morgan fingerprint density at radius 1 is 1.38 bits per heavy atom. The van der Waals surface area contributed by atoms with Crippen molar-refractivity contribution >= 4 is 21.4 Å². The number of carbonyl (C=O) groups excluding carboxylic acids is 1. The zero-order chi connectivity index (χ0) is 15.5. The number of amides is 1. The fourth-order valence-corrected chi connectivity index (χ4v) is 2.93. The molecule has 21 heavy (non-hydrogen) atoms. The lowest BCUT2D eigenvalue weighted by molar-refractivity contribution is -0.120. The minimum atomic E-state index is -3.32. The second-order valence-electron chi connectivity index (χ2n) is 5.65. The van der Waals surface area contributed by atoms with E-state index in [1.807, 2.05) is 18.2 Å². The summed E-state index contributed by atoms with van der Waals surface area (Å²) in [5.41, 5.74) is 1.19. The van der Waals surface area contributed by atoms with Gasteiger partial charge in [0, 0.05) is 31.6 Å². The predicted molar refractivity (Wildman–Crippen MR) is 84.1 cm³/mol. The average molecular weight is 310 g/mol.